The van der Waals surface area contributed by atoms with Crippen LogP contribution in [0.1, 0.15) is 38.8 Å². The minimum atomic E-state index is -0.333. The standard InChI is InChI=1S/C33H31N3O3/c1-22-15-16-23(2)29(19-22)36-30(21-28(35-36)27-18-17-26(38-3)20-31(27)39-4)33(37)34-32(24-11-7-5-8-12-24)25-13-9-6-10-14-25/h5-21,32H,1-4H3,(H,34,37). The fourth-order valence-electron chi connectivity index (χ4n) is 4.67. The van der Waals surface area contributed by atoms with Gasteiger partial charge < -0.3 is 14.8 Å². The van der Waals surface area contributed by atoms with E-state index in [2.05, 4.69) is 11.4 Å². The third-order valence-corrected chi connectivity index (χ3v) is 6.76. The first-order valence-electron chi connectivity index (χ1n) is 12.8. The molecule has 0 radical (unpaired) electrons. The zero-order valence-corrected chi connectivity index (χ0v) is 22.5. The largest absolute Gasteiger partial charge is 0.497 e. The smallest absolute Gasteiger partial charge is 0.270 e. The Morgan fingerprint density at radius 2 is 1.46 bits per heavy atom. The molecule has 0 saturated heterocycles. The van der Waals surface area contributed by atoms with Crippen LogP contribution in [0.5, 0.6) is 11.5 Å². The molecule has 1 N–H and O–H groups in total. The van der Waals surface area contributed by atoms with E-state index >= 15 is 0 Å². The van der Waals surface area contributed by atoms with Crippen molar-refractivity contribution in [3.63, 3.8) is 0 Å². The van der Waals surface area contributed by atoms with E-state index in [1.54, 1.807) is 18.9 Å². The summed E-state index contributed by atoms with van der Waals surface area (Å²) in [5.41, 5.74) is 6.72. The second-order valence-corrected chi connectivity index (χ2v) is 9.41. The van der Waals surface area contributed by atoms with Gasteiger partial charge >= 0.3 is 0 Å². The number of amides is 1. The predicted octanol–water partition coefficient (Wildman–Crippen LogP) is 6.69. The number of hydrogen-bond donors (Lipinski definition) is 1. The molecule has 5 rings (SSSR count). The molecule has 0 fully saturated rings. The van der Waals surface area contributed by atoms with Crippen molar-refractivity contribution in [3.8, 4) is 28.4 Å². The molecule has 0 spiro atoms. The van der Waals surface area contributed by atoms with Crippen LogP contribution in [0.2, 0.25) is 0 Å². The number of aromatic nitrogens is 2. The summed E-state index contributed by atoms with van der Waals surface area (Å²) in [4.78, 5) is 14.1. The Morgan fingerprint density at radius 1 is 0.795 bits per heavy atom. The summed E-state index contributed by atoms with van der Waals surface area (Å²) < 4.78 is 12.7. The van der Waals surface area contributed by atoms with Crippen molar-refractivity contribution in [2.24, 2.45) is 0 Å². The van der Waals surface area contributed by atoms with Crippen LogP contribution in [0, 0.1) is 13.8 Å². The fraction of sp³-hybridized carbons (Fsp3) is 0.152. The monoisotopic (exact) mass is 517 g/mol. The highest BCUT2D eigenvalue weighted by Gasteiger charge is 2.24. The van der Waals surface area contributed by atoms with Crippen LogP contribution in [-0.2, 0) is 0 Å². The lowest BCUT2D eigenvalue weighted by Crippen LogP contribution is -2.31. The summed E-state index contributed by atoms with van der Waals surface area (Å²) in [5, 5.41) is 8.20. The lowest BCUT2D eigenvalue weighted by atomic mass is 9.98. The quantitative estimate of drug-likeness (QED) is 0.249. The minimum absolute atomic E-state index is 0.236. The molecule has 0 aliphatic heterocycles. The Labute approximate surface area is 228 Å². The van der Waals surface area contributed by atoms with Crippen molar-refractivity contribution < 1.29 is 14.3 Å². The van der Waals surface area contributed by atoms with E-state index in [0.717, 1.165) is 33.5 Å². The molecule has 5 aromatic rings. The van der Waals surface area contributed by atoms with Crippen LogP contribution in [0.4, 0.5) is 0 Å². The lowest BCUT2D eigenvalue weighted by Gasteiger charge is -2.20. The van der Waals surface area contributed by atoms with Crippen molar-refractivity contribution in [1.29, 1.82) is 0 Å². The molecule has 4 aromatic carbocycles. The maximum atomic E-state index is 14.1. The zero-order valence-electron chi connectivity index (χ0n) is 22.5. The van der Waals surface area contributed by atoms with Gasteiger partial charge in [0.25, 0.3) is 5.91 Å². The van der Waals surface area contributed by atoms with Gasteiger partial charge in [-0.15, -0.1) is 0 Å². The van der Waals surface area contributed by atoms with Crippen LogP contribution < -0.4 is 14.8 Å². The van der Waals surface area contributed by atoms with Crippen molar-refractivity contribution in [2.45, 2.75) is 19.9 Å². The van der Waals surface area contributed by atoms with Crippen molar-refractivity contribution in [2.75, 3.05) is 14.2 Å². The van der Waals surface area contributed by atoms with Crippen LogP contribution in [0.25, 0.3) is 16.9 Å². The number of hydrogen-bond acceptors (Lipinski definition) is 4. The Kier molecular flexibility index (Phi) is 7.46. The van der Waals surface area contributed by atoms with Crippen molar-refractivity contribution in [1.82, 2.24) is 15.1 Å². The van der Waals surface area contributed by atoms with Gasteiger partial charge in [-0.25, -0.2) is 4.68 Å². The SMILES string of the molecule is COc1ccc(-c2cc(C(=O)NC(c3ccccc3)c3ccccc3)n(-c3cc(C)ccc3C)n2)c(OC)c1. The van der Waals surface area contributed by atoms with Gasteiger partial charge in [0.05, 0.1) is 31.6 Å². The predicted molar refractivity (Wildman–Crippen MR) is 154 cm³/mol. The number of carbonyl (C=O) groups excluding carboxylic acids is 1. The normalized spacial score (nSPS) is 10.9. The molecule has 0 aliphatic rings. The average molecular weight is 518 g/mol. The molecule has 0 bridgehead atoms. The summed E-state index contributed by atoms with van der Waals surface area (Å²) in [6.07, 6.45) is 0. The van der Waals surface area contributed by atoms with Gasteiger partial charge in [-0.2, -0.15) is 5.10 Å². The van der Waals surface area contributed by atoms with Crippen LogP contribution >= 0.6 is 0 Å². The second-order valence-electron chi connectivity index (χ2n) is 9.41. The second kappa shape index (κ2) is 11.3. The van der Waals surface area contributed by atoms with Crippen molar-refractivity contribution >= 4 is 5.91 Å². The topological polar surface area (TPSA) is 65.4 Å². The number of benzene rings is 4. The Balaban J connectivity index is 1.63. The molecular formula is C33H31N3O3. The maximum absolute atomic E-state index is 14.1. The number of ether oxygens (including phenoxy) is 2. The van der Waals surface area contributed by atoms with Gasteiger partial charge in [0.1, 0.15) is 17.2 Å². The van der Waals surface area contributed by atoms with E-state index in [4.69, 9.17) is 14.6 Å². The first-order chi connectivity index (χ1) is 19.0. The Bertz CT molecular complexity index is 1550. The van der Waals surface area contributed by atoms with Gasteiger partial charge in [0.2, 0.25) is 0 Å². The molecule has 0 aliphatic carbocycles. The molecule has 196 valence electrons. The summed E-state index contributed by atoms with van der Waals surface area (Å²) in [7, 11) is 3.22. The molecule has 0 unspecified atom stereocenters. The van der Waals surface area contributed by atoms with E-state index < -0.39 is 0 Å². The molecule has 39 heavy (non-hydrogen) atoms. The van der Waals surface area contributed by atoms with Crippen LogP contribution in [-0.4, -0.2) is 29.9 Å². The minimum Gasteiger partial charge on any atom is -0.497 e. The van der Waals surface area contributed by atoms with Gasteiger partial charge in [0.15, 0.2) is 0 Å². The highest BCUT2D eigenvalue weighted by Crippen LogP contribution is 2.34. The molecule has 6 nitrogen and oxygen atoms in total. The molecule has 1 heterocycles. The molecule has 0 atom stereocenters. The summed E-state index contributed by atoms with van der Waals surface area (Å²) >= 11 is 0. The van der Waals surface area contributed by atoms with E-state index in [1.165, 1.54) is 0 Å². The van der Waals surface area contributed by atoms with Gasteiger partial charge in [-0.3, -0.25) is 4.79 Å². The van der Waals surface area contributed by atoms with E-state index in [9.17, 15) is 4.79 Å². The number of nitrogens with zero attached hydrogens (tertiary/aromatic N) is 2. The first-order valence-corrected chi connectivity index (χ1v) is 12.8. The lowest BCUT2D eigenvalue weighted by molar-refractivity contribution is 0.0935. The van der Waals surface area contributed by atoms with Gasteiger partial charge in [-0.05, 0) is 60.4 Å². The van der Waals surface area contributed by atoms with Gasteiger partial charge in [-0.1, -0.05) is 72.8 Å². The van der Waals surface area contributed by atoms with E-state index in [-0.39, 0.29) is 11.9 Å². The highest BCUT2D eigenvalue weighted by atomic mass is 16.5. The number of methoxy groups -OCH3 is 2. The summed E-state index contributed by atoms with van der Waals surface area (Å²) in [6.45, 7) is 4.04. The number of nitrogens with one attached hydrogen (secondary N) is 1. The average Bonchev–Trinajstić information content (AvgIpc) is 3.42. The highest BCUT2D eigenvalue weighted by molar-refractivity contribution is 5.95. The number of aryl methyl sites for hydroxylation is 2. The Morgan fingerprint density at radius 3 is 2.08 bits per heavy atom. The maximum Gasteiger partial charge on any atom is 0.270 e. The number of carbonyl (C=O) groups is 1. The Hall–Kier alpha value is -4.84. The third-order valence-electron chi connectivity index (χ3n) is 6.76. The van der Waals surface area contributed by atoms with E-state index in [1.807, 2.05) is 111 Å². The molecule has 6 heteroatoms. The molecule has 1 aromatic heterocycles. The number of rotatable bonds is 8. The molecular weight excluding hydrogens is 486 g/mol. The van der Waals surface area contributed by atoms with Crippen LogP contribution in [0.3, 0.4) is 0 Å². The van der Waals surface area contributed by atoms with E-state index in [0.29, 0.717) is 22.9 Å². The molecule has 1 amide bonds. The third kappa shape index (κ3) is 5.41. The zero-order chi connectivity index (χ0) is 27.4. The summed E-state index contributed by atoms with van der Waals surface area (Å²) in [6, 6.07) is 33.1. The van der Waals surface area contributed by atoms with Crippen LogP contribution in [0.15, 0.2) is 103 Å². The summed E-state index contributed by atoms with van der Waals surface area (Å²) in [5.74, 6) is 1.05. The fourth-order valence-corrected chi connectivity index (χ4v) is 4.67. The van der Waals surface area contributed by atoms with Gasteiger partial charge in [0, 0.05) is 11.6 Å². The van der Waals surface area contributed by atoms with Crippen molar-refractivity contribution in [3.05, 3.63) is 131 Å². The molecule has 0 saturated carbocycles. The first kappa shape index (κ1) is 25.8.